The fourth-order valence-corrected chi connectivity index (χ4v) is 2.22. The van der Waals surface area contributed by atoms with Gasteiger partial charge in [0.15, 0.2) is 0 Å². The second-order valence-corrected chi connectivity index (χ2v) is 4.39. The molecule has 0 amide bonds. The standard InChI is InChI=1S/C13H18O2/c1-9(2)11-6-7-15-13-5-4-10(14-3)8-12(11)13/h4-5,8-9,11H,6-7H2,1-3H3. The van der Waals surface area contributed by atoms with Crippen molar-refractivity contribution in [1.29, 1.82) is 0 Å². The minimum Gasteiger partial charge on any atom is -0.497 e. The Morgan fingerprint density at radius 1 is 1.40 bits per heavy atom. The molecule has 0 bridgehead atoms. The summed E-state index contributed by atoms with van der Waals surface area (Å²) in [5.41, 5.74) is 1.30. The molecular weight excluding hydrogens is 188 g/mol. The zero-order valence-electron chi connectivity index (χ0n) is 9.62. The molecule has 0 radical (unpaired) electrons. The number of fused-ring (bicyclic) bond motifs is 1. The predicted octanol–water partition coefficient (Wildman–Crippen LogP) is 3.22. The number of benzene rings is 1. The first kappa shape index (κ1) is 10.3. The lowest BCUT2D eigenvalue weighted by atomic mass is 9.84. The van der Waals surface area contributed by atoms with Gasteiger partial charge >= 0.3 is 0 Å². The molecule has 1 aromatic rings. The van der Waals surface area contributed by atoms with Gasteiger partial charge in [-0.1, -0.05) is 13.8 Å². The Morgan fingerprint density at radius 3 is 2.87 bits per heavy atom. The van der Waals surface area contributed by atoms with Gasteiger partial charge in [0.25, 0.3) is 0 Å². The summed E-state index contributed by atoms with van der Waals surface area (Å²) in [6.45, 7) is 5.36. The van der Waals surface area contributed by atoms with Gasteiger partial charge < -0.3 is 9.47 Å². The number of rotatable bonds is 2. The van der Waals surface area contributed by atoms with Gasteiger partial charge in [-0.3, -0.25) is 0 Å². The van der Waals surface area contributed by atoms with Crippen LogP contribution < -0.4 is 9.47 Å². The molecule has 1 aliphatic rings. The maximum atomic E-state index is 5.65. The lowest BCUT2D eigenvalue weighted by Crippen LogP contribution is -2.18. The lowest BCUT2D eigenvalue weighted by molar-refractivity contribution is 0.246. The van der Waals surface area contributed by atoms with Gasteiger partial charge in [0, 0.05) is 5.56 Å². The minimum absolute atomic E-state index is 0.601. The average molecular weight is 206 g/mol. The van der Waals surface area contributed by atoms with Crippen molar-refractivity contribution in [3.05, 3.63) is 23.8 Å². The number of methoxy groups -OCH3 is 1. The summed E-state index contributed by atoms with van der Waals surface area (Å²) < 4.78 is 10.9. The van der Waals surface area contributed by atoms with Crippen LogP contribution in [0.15, 0.2) is 18.2 Å². The van der Waals surface area contributed by atoms with Crippen molar-refractivity contribution in [2.45, 2.75) is 26.2 Å². The molecule has 1 unspecified atom stereocenters. The first-order valence-electron chi connectivity index (χ1n) is 5.53. The van der Waals surface area contributed by atoms with E-state index in [2.05, 4.69) is 19.9 Å². The minimum atomic E-state index is 0.601. The summed E-state index contributed by atoms with van der Waals surface area (Å²) in [6.07, 6.45) is 1.11. The number of ether oxygens (including phenoxy) is 2. The maximum absolute atomic E-state index is 5.65. The molecule has 2 nitrogen and oxygen atoms in total. The molecule has 0 aliphatic carbocycles. The molecule has 82 valence electrons. The van der Waals surface area contributed by atoms with Crippen molar-refractivity contribution in [2.24, 2.45) is 5.92 Å². The summed E-state index contributed by atoms with van der Waals surface area (Å²) in [6, 6.07) is 6.09. The SMILES string of the molecule is COc1ccc2c(c1)C(C(C)C)CCO2. The topological polar surface area (TPSA) is 18.5 Å². The van der Waals surface area contributed by atoms with Crippen LogP contribution >= 0.6 is 0 Å². The summed E-state index contributed by atoms with van der Waals surface area (Å²) in [5, 5.41) is 0. The Balaban J connectivity index is 2.39. The van der Waals surface area contributed by atoms with Gasteiger partial charge in [-0.2, -0.15) is 0 Å². The molecule has 1 heterocycles. The fraction of sp³-hybridized carbons (Fsp3) is 0.538. The monoisotopic (exact) mass is 206 g/mol. The van der Waals surface area contributed by atoms with Gasteiger partial charge in [-0.15, -0.1) is 0 Å². The molecule has 15 heavy (non-hydrogen) atoms. The Morgan fingerprint density at radius 2 is 2.20 bits per heavy atom. The molecule has 0 fully saturated rings. The van der Waals surface area contributed by atoms with Crippen molar-refractivity contribution in [1.82, 2.24) is 0 Å². The smallest absolute Gasteiger partial charge is 0.123 e. The molecule has 0 aromatic heterocycles. The number of hydrogen-bond acceptors (Lipinski definition) is 2. The Labute approximate surface area is 91.2 Å². The van der Waals surface area contributed by atoms with E-state index in [0.29, 0.717) is 11.8 Å². The van der Waals surface area contributed by atoms with Crippen LogP contribution in [0.1, 0.15) is 31.7 Å². The molecule has 0 N–H and O–H groups in total. The van der Waals surface area contributed by atoms with Gasteiger partial charge in [0.1, 0.15) is 11.5 Å². The fourth-order valence-electron chi connectivity index (χ4n) is 2.22. The van der Waals surface area contributed by atoms with Crippen LogP contribution in [0.25, 0.3) is 0 Å². The molecule has 0 saturated carbocycles. The zero-order valence-corrected chi connectivity index (χ0v) is 9.62. The quantitative estimate of drug-likeness (QED) is 0.739. The Bertz CT molecular complexity index is 344. The van der Waals surface area contributed by atoms with Gasteiger partial charge in [0.05, 0.1) is 13.7 Å². The van der Waals surface area contributed by atoms with Crippen LogP contribution in [0.2, 0.25) is 0 Å². The van der Waals surface area contributed by atoms with Crippen molar-refractivity contribution in [2.75, 3.05) is 13.7 Å². The third-order valence-corrected chi connectivity index (χ3v) is 3.11. The third kappa shape index (κ3) is 1.94. The highest BCUT2D eigenvalue weighted by atomic mass is 16.5. The van der Waals surface area contributed by atoms with Crippen LogP contribution in [-0.2, 0) is 0 Å². The average Bonchev–Trinajstić information content (AvgIpc) is 2.27. The van der Waals surface area contributed by atoms with E-state index < -0.39 is 0 Å². The van der Waals surface area contributed by atoms with E-state index in [1.54, 1.807) is 7.11 Å². The third-order valence-electron chi connectivity index (χ3n) is 3.11. The Kier molecular flexibility index (Phi) is 2.85. The molecule has 1 aliphatic heterocycles. The predicted molar refractivity (Wildman–Crippen MR) is 60.7 cm³/mol. The summed E-state index contributed by atoms with van der Waals surface area (Å²) in [5.74, 6) is 3.20. The van der Waals surface area contributed by atoms with Crippen LogP contribution in [-0.4, -0.2) is 13.7 Å². The summed E-state index contributed by atoms with van der Waals surface area (Å²) >= 11 is 0. The van der Waals surface area contributed by atoms with E-state index >= 15 is 0 Å². The summed E-state index contributed by atoms with van der Waals surface area (Å²) in [4.78, 5) is 0. The molecule has 2 rings (SSSR count). The van der Waals surface area contributed by atoms with E-state index in [0.717, 1.165) is 24.5 Å². The zero-order chi connectivity index (χ0) is 10.8. The second kappa shape index (κ2) is 4.13. The van der Waals surface area contributed by atoms with Crippen LogP contribution in [0.3, 0.4) is 0 Å². The largest absolute Gasteiger partial charge is 0.497 e. The van der Waals surface area contributed by atoms with Crippen LogP contribution in [0, 0.1) is 5.92 Å². The Hall–Kier alpha value is -1.18. The molecule has 0 saturated heterocycles. The van der Waals surface area contributed by atoms with Crippen molar-refractivity contribution >= 4 is 0 Å². The summed E-state index contributed by atoms with van der Waals surface area (Å²) in [7, 11) is 1.70. The highest BCUT2D eigenvalue weighted by Gasteiger charge is 2.24. The number of hydrogen-bond donors (Lipinski definition) is 0. The molecular formula is C13H18O2. The van der Waals surface area contributed by atoms with Crippen molar-refractivity contribution < 1.29 is 9.47 Å². The lowest BCUT2D eigenvalue weighted by Gasteiger charge is -2.28. The molecule has 2 heteroatoms. The van der Waals surface area contributed by atoms with Gasteiger partial charge in [-0.05, 0) is 36.5 Å². The van der Waals surface area contributed by atoms with Gasteiger partial charge in [0.2, 0.25) is 0 Å². The maximum Gasteiger partial charge on any atom is 0.123 e. The first-order chi connectivity index (χ1) is 7.22. The molecule has 0 spiro atoms. The van der Waals surface area contributed by atoms with Crippen LogP contribution in [0.4, 0.5) is 0 Å². The van der Waals surface area contributed by atoms with Crippen molar-refractivity contribution in [3.63, 3.8) is 0 Å². The highest BCUT2D eigenvalue weighted by molar-refractivity contribution is 5.43. The molecule has 1 atom stereocenters. The van der Waals surface area contributed by atoms with Gasteiger partial charge in [-0.25, -0.2) is 0 Å². The van der Waals surface area contributed by atoms with Crippen LogP contribution in [0.5, 0.6) is 11.5 Å². The van der Waals surface area contributed by atoms with E-state index in [-0.39, 0.29) is 0 Å². The first-order valence-corrected chi connectivity index (χ1v) is 5.53. The highest BCUT2D eigenvalue weighted by Crippen LogP contribution is 2.39. The second-order valence-electron chi connectivity index (χ2n) is 4.39. The van der Waals surface area contributed by atoms with E-state index in [9.17, 15) is 0 Å². The van der Waals surface area contributed by atoms with E-state index in [4.69, 9.17) is 9.47 Å². The van der Waals surface area contributed by atoms with E-state index in [1.807, 2.05) is 12.1 Å². The van der Waals surface area contributed by atoms with E-state index in [1.165, 1.54) is 5.56 Å². The normalized spacial score (nSPS) is 19.6. The molecule has 1 aromatic carbocycles. The van der Waals surface area contributed by atoms with Crippen molar-refractivity contribution in [3.8, 4) is 11.5 Å².